The lowest BCUT2D eigenvalue weighted by Crippen LogP contribution is -2.47. The van der Waals surface area contributed by atoms with E-state index in [2.05, 4.69) is 38.8 Å². The molecule has 0 bridgehead atoms. The molecule has 6 heteroatoms. The smallest absolute Gasteiger partial charge is 0.211 e. The highest BCUT2D eigenvalue weighted by Crippen LogP contribution is 2.15. The normalized spacial score (nSPS) is 17.1. The number of sulfonamides is 1. The Kier molecular flexibility index (Phi) is 6.02. The zero-order valence-corrected chi connectivity index (χ0v) is 13.5. The van der Waals surface area contributed by atoms with Crippen molar-refractivity contribution in [2.24, 2.45) is 0 Å². The lowest BCUT2D eigenvalue weighted by atomic mass is 10.2. The Hall–Kier alpha value is -1.11. The van der Waals surface area contributed by atoms with Crippen LogP contribution in [-0.2, 0) is 10.0 Å². The van der Waals surface area contributed by atoms with Gasteiger partial charge in [0, 0.05) is 38.4 Å². The molecule has 0 radical (unpaired) electrons. The second kappa shape index (κ2) is 7.77. The van der Waals surface area contributed by atoms with Crippen molar-refractivity contribution in [1.82, 2.24) is 9.62 Å². The van der Waals surface area contributed by atoms with Crippen LogP contribution in [0.3, 0.4) is 0 Å². The lowest BCUT2D eigenvalue weighted by molar-refractivity contribution is 0.255. The summed E-state index contributed by atoms with van der Waals surface area (Å²) in [5.41, 5.74) is 1.29. The van der Waals surface area contributed by atoms with Crippen molar-refractivity contribution in [2.45, 2.75) is 13.3 Å². The first kappa shape index (κ1) is 16.3. The highest BCUT2D eigenvalue weighted by molar-refractivity contribution is 7.89. The molecule has 2 rings (SSSR count). The number of rotatable bonds is 7. The van der Waals surface area contributed by atoms with Crippen molar-refractivity contribution in [2.75, 3.05) is 49.9 Å². The number of anilines is 1. The highest BCUT2D eigenvalue weighted by Gasteiger charge is 2.16. The summed E-state index contributed by atoms with van der Waals surface area (Å²) < 4.78 is 25.3. The average Bonchev–Trinajstić information content (AvgIpc) is 2.53. The summed E-state index contributed by atoms with van der Waals surface area (Å²) in [6.07, 6.45) is 0.866. The number of piperazine rings is 1. The van der Waals surface area contributed by atoms with Crippen molar-refractivity contribution >= 4 is 15.7 Å². The van der Waals surface area contributed by atoms with Crippen LogP contribution in [-0.4, -0.2) is 58.3 Å². The molecule has 0 aliphatic carbocycles. The van der Waals surface area contributed by atoms with E-state index in [9.17, 15) is 8.42 Å². The fraction of sp³-hybridized carbons (Fsp3) is 0.600. The quantitative estimate of drug-likeness (QED) is 0.767. The van der Waals surface area contributed by atoms with Gasteiger partial charge in [-0.25, -0.2) is 13.1 Å². The van der Waals surface area contributed by atoms with Crippen molar-refractivity contribution < 1.29 is 8.42 Å². The molecule has 0 amide bonds. The lowest BCUT2D eigenvalue weighted by Gasteiger charge is -2.36. The van der Waals surface area contributed by atoms with Gasteiger partial charge in [0.15, 0.2) is 0 Å². The van der Waals surface area contributed by atoms with E-state index in [0.717, 1.165) is 39.1 Å². The number of hydrogen-bond acceptors (Lipinski definition) is 4. The van der Waals surface area contributed by atoms with E-state index in [0.29, 0.717) is 6.54 Å². The molecule has 1 fully saturated rings. The third-order valence-electron chi connectivity index (χ3n) is 3.85. The number of para-hydroxylation sites is 1. The van der Waals surface area contributed by atoms with Gasteiger partial charge < -0.3 is 4.90 Å². The molecule has 1 aliphatic rings. The Balaban J connectivity index is 1.66. The van der Waals surface area contributed by atoms with Gasteiger partial charge in [-0.05, 0) is 32.0 Å². The van der Waals surface area contributed by atoms with Crippen LogP contribution >= 0.6 is 0 Å². The summed E-state index contributed by atoms with van der Waals surface area (Å²) in [5, 5.41) is 0. The maximum atomic E-state index is 11.3. The van der Waals surface area contributed by atoms with Gasteiger partial charge in [-0.2, -0.15) is 0 Å². The fourth-order valence-corrected chi connectivity index (χ4v) is 3.16. The molecule has 1 aromatic carbocycles. The van der Waals surface area contributed by atoms with E-state index in [1.807, 2.05) is 6.07 Å². The molecular formula is C15H25N3O2S. The van der Waals surface area contributed by atoms with Gasteiger partial charge >= 0.3 is 0 Å². The zero-order chi connectivity index (χ0) is 15.1. The molecular weight excluding hydrogens is 286 g/mol. The molecule has 1 heterocycles. The van der Waals surface area contributed by atoms with Gasteiger partial charge in [0.2, 0.25) is 10.0 Å². The van der Waals surface area contributed by atoms with Gasteiger partial charge in [0.05, 0.1) is 5.75 Å². The zero-order valence-electron chi connectivity index (χ0n) is 12.7. The molecule has 1 aliphatic heterocycles. The maximum absolute atomic E-state index is 11.3. The van der Waals surface area contributed by atoms with Crippen LogP contribution in [0.1, 0.15) is 13.3 Å². The van der Waals surface area contributed by atoms with Crippen molar-refractivity contribution in [3.63, 3.8) is 0 Å². The number of hydrogen-bond donors (Lipinski definition) is 1. The molecule has 118 valence electrons. The van der Waals surface area contributed by atoms with Crippen LogP contribution in [0.2, 0.25) is 0 Å². The van der Waals surface area contributed by atoms with Crippen LogP contribution in [0.5, 0.6) is 0 Å². The van der Waals surface area contributed by atoms with Crippen LogP contribution in [0.15, 0.2) is 30.3 Å². The van der Waals surface area contributed by atoms with Crippen molar-refractivity contribution in [3.05, 3.63) is 30.3 Å². The molecule has 1 aromatic rings. The summed E-state index contributed by atoms with van der Waals surface area (Å²) in [7, 11) is -3.04. The minimum absolute atomic E-state index is 0.156. The first-order valence-corrected chi connectivity index (χ1v) is 9.25. The average molecular weight is 311 g/mol. The third-order valence-corrected chi connectivity index (χ3v) is 5.25. The Bertz CT molecular complexity index is 511. The standard InChI is InChI=1S/C15H25N3O2S/c1-2-21(19,20)16-9-6-10-17-11-13-18(14-12-17)15-7-4-3-5-8-15/h3-5,7-8,16H,2,6,9-14H2,1H3. The number of benzene rings is 1. The summed E-state index contributed by atoms with van der Waals surface area (Å²) >= 11 is 0. The molecule has 5 nitrogen and oxygen atoms in total. The van der Waals surface area contributed by atoms with Gasteiger partial charge in [-0.1, -0.05) is 18.2 Å². The van der Waals surface area contributed by atoms with Crippen LogP contribution in [0.4, 0.5) is 5.69 Å². The molecule has 21 heavy (non-hydrogen) atoms. The predicted molar refractivity (Wildman–Crippen MR) is 87.2 cm³/mol. The molecule has 1 N–H and O–H groups in total. The first-order chi connectivity index (χ1) is 10.1. The highest BCUT2D eigenvalue weighted by atomic mass is 32.2. The molecule has 0 aromatic heterocycles. The Morgan fingerprint density at radius 2 is 1.76 bits per heavy atom. The van der Waals surface area contributed by atoms with Gasteiger partial charge in [0.1, 0.15) is 0 Å². The second-order valence-electron chi connectivity index (χ2n) is 5.32. The van der Waals surface area contributed by atoms with Crippen LogP contribution in [0.25, 0.3) is 0 Å². The topological polar surface area (TPSA) is 52.7 Å². The van der Waals surface area contributed by atoms with Crippen molar-refractivity contribution in [1.29, 1.82) is 0 Å². The maximum Gasteiger partial charge on any atom is 0.211 e. The molecule has 0 saturated carbocycles. The summed E-state index contributed by atoms with van der Waals surface area (Å²) in [4.78, 5) is 4.80. The predicted octanol–water partition coefficient (Wildman–Crippen LogP) is 1.14. The number of nitrogens with one attached hydrogen (secondary N) is 1. The van der Waals surface area contributed by atoms with Gasteiger partial charge in [0.25, 0.3) is 0 Å². The third kappa shape index (κ3) is 5.30. The molecule has 0 unspecified atom stereocenters. The largest absolute Gasteiger partial charge is 0.369 e. The Morgan fingerprint density at radius 3 is 2.38 bits per heavy atom. The first-order valence-electron chi connectivity index (χ1n) is 7.60. The van der Waals surface area contributed by atoms with E-state index < -0.39 is 10.0 Å². The Morgan fingerprint density at radius 1 is 1.10 bits per heavy atom. The molecule has 1 saturated heterocycles. The van der Waals surface area contributed by atoms with E-state index >= 15 is 0 Å². The summed E-state index contributed by atoms with van der Waals surface area (Å²) in [5.74, 6) is 0.156. The number of nitrogens with zero attached hydrogens (tertiary/aromatic N) is 2. The van der Waals surface area contributed by atoms with E-state index in [1.165, 1.54) is 5.69 Å². The molecule has 0 atom stereocenters. The summed E-state index contributed by atoms with van der Waals surface area (Å²) in [6.45, 7) is 7.29. The SMILES string of the molecule is CCS(=O)(=O)NCCCN1CCN(c2ccccc2)CC1. The van der Waals surface area contributed by atoms with E-state index in [4.69, 9.17) is 0 Å². The van der Waals surface area contributed by atoms with E-state index in [-0.39, 0.29) is 5.75 Å². The van der Waals surface area contributed by atoms with Crippen LogP contribution < -0.4 is 9.62 Å². The molecule has 0 spiro atoms. The summed E-state index contributed by atoms with van der Waals surface area (Å²) in [6, 6.07) is 10.5. The second-order valence-corrected chi connectivity index (χ2v) is 7.41. The van der Waals surface area contributed by atoms with Gasteiger partial charge in [-0.3, -0.25) is 4.90 Å². The fourth-order valence-electron chi connectivity index (χ4n) is 2.50. The van der Waals surface area contributed by atoms with Gasteiger partial charge in [-0.15, -0.1) is 0 Å². The minimum atomic E-state index is -3.04. The van der Waals surface area contributed by atoms with Crippen LogP contribution in [0, 0.1) is 0 Å². The van der Waals surface area contributed by atoms with E-state index in [1.54, 1.807) is 6.92 Å². The minimum Gasteiger partial charge on any atom is -0.369 e. The van der Waals surface area contributed by atoms with Crippen molar-refractivity contribution in [3.8, 4) is 0 Å². The monoisotopic (exact) mass is 311 g/mol. The Labute approximate surface area is 128 Å².